The Hall–Kier alpha value is -0.540. The summed E-state index contributed by atoms with van der Waals surface area (Å²) < 4.78 is 18.8. The van der Waals surface area contributed by atoms with Crippen molar-refractivity contribution in [2.75, 3.05) is 19.9 Å². The van der Waals surface area contributed by atoms with Gasteiger partial charge in [0, 0.05) is 30.5 Å². The van der Waals surface area contributed by atoms with Gasteiger partial charge in [-0.05, 0) is 50.1 Å². The summed E-state index contributed by atoms with van der Waals surface area (Å²) >= 11 is 1.96. The number of methoxy groups -OCH3 is 1. The Kier molecular flexibility index (Phi) is 11.5. The number of nitrogens with zero attached hydrogens (tertiary/aromatic N) is 1. The predicted octanol–water partition coefficient (Wildman–Crippen LogP) is 4.32. The second kappa shape index (κ2) is 12.8. The molecule has 4 nitrogen and oxygen atoms in total. The summed E-state index contributed by atoms with van der Waals surface area (Å²) in [7, 11) is 1.57. The smallest absolute Gasteiger partial charge is 0.191 e. The van der Waals surface area contributed by atoms with Gasteiger partial charge >= 0.3 is 0 Å². The molecule has 2 unspecified atom stereocenters. The van der Waals surface area contributed by atoms with Crippen LogP contribution in [0.2, 0.25) is 0 Å². The molecule has 1 aliphatic rings. The number of aliphatic imine (C=N–C) groups is 1. The molecule has 1 fully saturated rings. The first-order valence-electron chi connectivity index (χ1n) is 9.00. The maximum Gasteiger partial charge on any atom is 0.191 e. The van der Waals surface area contributed by atoms with E-state index in [9.17, 15) is 4.39 Å². The van der Waals surface area contributed by atoms with Crippen LogP contribution >= 0.6 is 35.7 Å². The van der Waals surface area contributed by atoms with E-state index in [2.05, 4.69) is 28.8 Å². The molecule has 0 spiro atoms. The molecule has 0 bridgehead atoms. The third-order valence-corrected chi connectivity index (χ3v) is 5.57. The van der Waals surface area contributed by atoms with E-state index in [1.165, 1.54) is 31.7 Å². The van der Waals surface area contributed by atoms with E-state index >= 15 is 0 Å². The van der Waals surface area contributed by atoms with Gasteiger partial charge in [0.25, 0.3) is 0 Å². The van der Waals surface area contributed by atoms with Crippen LogP contribution in [-0.4, -0.2) is 37.2 Å². The van der Waals surface area contributed by atoms with Gasteiger partial charge in [-0.25, -0.2) is 9.38 Å². The monoisotopic (exact) mass is 495 g/mol. The Labute approximate surface area is 178 Å². The lowest BCUT2D eigenvalue weighted by Gasteiger charge is -2.29. The van der Waals surface area contributed by atoms with Crippen LogP contribution in [0.1, 0.15) is 43.7 Å². The first-order valence-corrected chi connectivity index (χ1v) is 10.3. The Morgan fingerprint density at radius 3 is 2.88 bits per heavy atom. The number of halogens is 2. The largest absolute Gasteiger partial charge is 0.380 e. The molecule has 26 heavy (non-hydrogen) atoms. The topological polar surface area (TPSA) is 45.7 Å². The number of guanidine groups is 1. The third kappa shape index (κ3) is 7.60. The molecule has 0 saturated heterocycles. The first-order chi connectivity index (χ1) is 12.2. The Morgan fingerprint density at radius 2 is 2.19 bits per heavy atom. The van der Waals surface area contributed by atoms with Crippen molar-refractivity contribution in [3.63, 3.8) is 0 Å². The number of nitrogens with one attached hydrogen (secondary N) is 2. The second-order valence-electron chi connectivity index (χ2n) is 6.42. The van der Waals surface area contributed by atoms with Gasteiger partial charge in [-0.1, -0.05) is 12.5 Å². The summed E-state index contributed by atoms with van der Waals surface area (Å²) in [6.45, 7) is 3.69. The van der Waals surface area contributed by atoms with Crippen molar-refractivity contribution >= 4 is 41.7 Å². The molecule has 0 radical (unpaired) electrons. The van der Waals surface area contributed by atoms with E-state index in [1.807, 2.05) is 17.8 Å². The lowest BCUT2D eigenvalue weighted by Crippen LogP contribution is -2.45. The lowest BCUT2D eigenvalue weighted by molar-refractivity contribution is 0.181. The van der Waals surface area contributed by atoms with E-state index in [0.717, 1.165) is 23.3 Å². The van der Waals surface area contributed by atoms with Crippen molar-refractivity contribution in [3.8, 4) is 0 Å². The van der Waals surface area contributed by atoms with Crippen LogP contribution < -0.4 is 10.6 Å². The molecule has 7 heteroatoms. The highest BCUT2D eigenvalue weighted by molar-refractivity contribution is 14.0. The molecule has 1 aromatic carbocycles. The maximum absolute atomic E-state index is 13.7. The second-order valence-corrected chi connectivity index (χ2v) is 7.56. The Morgan fingerprint density at radius 1 is 1.38 bits per heavy atom. The summed E-state index contributed by atoms with van der Waals surface area (Å²) in [6.07, 6.45) is 7.14. The first kappa shape index (κ1) is 23.5. The van der Waals surface area contributed by atoms with Crippen LogP contribution in [0.3, 0.4) is 0 Å². The minimum Gasteiger partial charge on any atom is -0.380 e. The van der Waals surface area contributed by atoms with Crippen LogP contribution in [0, 0.1) is 5.82 Å². The summed E-state index contributed by atoms with van der Waals surface area (Å²) in [6, 6.07) is 5.58. The Bertz CT molecular complexity index is 574. The predicted molar refractivity (Wildman–Crippen MR) is 120 cm³/mol. The molecule has 0 amide bonds. The molecule has 2 rings (SSSR count). The number of hydrogen-bond acceptors (Lipinski definition) is 3. The van der Waals surface area contributed by atoms with Crippen LogP contribution in [0.25, 0.3) is 0 Å². The lowest BCUT2D eigenvalue weighted by atomic mass is 9.95. The number of ether oxygens (including phenoxy) is 1. The van der Waals surface area contributed by atoms with Crippen molar-refractivity contribution < 1.29 is 9.13 Å². The van der Waals surface area contributed by atoms with E-state index in [-0.39, 0.29) is 36.4 Å². The fourth-order valence-corrected chi connectivity index (χ4v) is 3.99. The molecule has 148 valence electrons. The van der Waals surface area contributed by atoms with Crippen LogP contribution in [0.15, 0.2) is 23.2 Å². The Balaban J connectivity index is 0.00000338. The van der Waals surface area contributed by atoms with Gasteiger partial charge in [0.2, 0.25) is 0 Å². The molecule has 0 heterocycles. The van der Waals surface area contributed by atoms with E-state index in [4.69, 9.17) is 4.74 Å². The molecular weight excluding hydrogens is 464 g/mol. The van der Waals surface area contributed by atoms with Crippen LogP contribution in [-0.2, 0) is 17.9 Å². The zero-order valence-electron chi connectivity index (χ0n) is 15.9. The summed E-state index contributed by atoms with van der Waals surface area (Å²) in [4.78, 5) is 4.68. The highest BCUT2D eigenvalue weighted by atomic mass is 127. The van der Waals surface area contributed by atoms with Crippen LogP contribution in [0.4, 0.5) is 4.39 Å². The zero-order valence-corrected chi connectivity index (χ0v) is 19.0. The standard InChI is InChI=1S/C19H30FN3OS.HI/c1-4-21-19(23-16-6-5-7-17(11-16)25-3)22-12-14-8-9-18(20)15(10-14)13-24-2;/h8-10,16-17H,4-7,11-13H2,1-3H3,(H2,21,22,23);1H. The average Bonchev–Trinajstić information content (AvgIpc) is 2.62. The maximum atomic E-state index is 13.7. The van der Waals surface area contributed by atoms with Crippen molar-refractivity contribution in [2.24, 2.45) is 4.99 Å². The minimum absolute atomic E-state index is 0. The van der Waals surface area contributed by atoms with Gasteiger partial charge in [0.15, 0.2) is 5.96 Å². The zero-order chi connectivity index (χ0) is 18.1. The number of rotatable bonds is 7. The quantitative estimate of drug-likeness (QED) is 0.336. The van der Waals surface area contributed by atoms with Crippen molar-refractivity contribution in [1.29, 1.82) is 0 Å². The fraction of sp³-hybridized carbons (Fsp3) is 0.632. The van der Waals surface area contributed by atoms with Gasteiger partial charge in [0.05, 0.1) is 13.2 Å². The highest BCUT2D eigenvalue weighted by Gasteiger charge is 2.21. The minimum atomic E-state index is -0.232. The van der Waals surface area contributed by atoms with E-state index in [0.29, 0.717) is 18.2 Å². The third-order valence-electron chi connectivity index (χ3n) is 4.47. The molecule has 0 aromatic heterocycles. The molecule has 0 aliphatic heterocycles. The van der Waals surface area contributed by atoms with Gasteiger partial charge in [-0.15, -0.1) is 24.0 Å². The van der Waals surface area contributed by atoms with Crippen LogP contribution in [0.5, 0.6) is 0 Å². The average molecular weight is 495 g/mol. The van der Waals surface area contributed by atoms with Gasteiger partial charge < -0.3 is 15.4 Å². The molecular formula is C19H31FIN3OS. The molecule has 2 atom stereocenters. The van der Waals surface area contributed by atoms with Gasteiger partial charge in [-0.3, -0.25) is 0 Å². The molecule has 2 N–H and O–H groups in total. The summed E-state index contributed by atoms with van der Waals surface area (Å²) in [5.74, 6) is 0.608. The van der Waals surface area contributed by atoms with Crippen molar-refractivity contribution in [3.05, 3.63) is 35.1 Å². The van der Waals surface area contributed by atoms with Gasteiger partial charge in [0.1, 0.15) is 5.82 Å². The van der Waals surface area contributed by atoms with Crippen molar-refractivity contribution in [2.45, 2.75) is 57.1 Å². The molecule has 1 saturated carbocycles. The summed E-state index contributed by atoms with van der Waals surface area (Å²) in [5.41, 5.74) is 1.56. The van der Waals surface area contributed by atoms with E-state index < -0.39 is 0 Å². The number of benzene rings is 1. The SMILES string of the molecule is CCNC(=NCc1ccc(F)c(COC)c1)NC1CCCC(SC)C1.I. The fourth-order valence-electron chi connectivity index (χ4n) is 3.17. The van der Waals surface area contributed by atoms with Gasteiger partial charge in [-0.2, -0.15) is 11.8 Å². The molecule has 1 aromatic rings. The highest BCUT2D eigenvalue weighted by Crippen LogP contribution is 2.26. The summed E-state index contributed by atoms with van der Waals surface area (Å²) in [5, 5.41) is 7.63. The number of hydrogen-bond donors (Lipinski definition) is 2. The van der Waals surface area contributed by atoms with Crippen molar-refractivity contribution in [1.82, 2.24) is 10.6 Å². The number of thioether (sulfide) groups is 1. The normalized spacial score (nSPS) is 20.4. The van der Waals surface area contributed by atoms with E-state index in [1.54, 1.807) is 13.2 Å². The molecule has 1 aliphatic carbocycles.